The number of guanidine groups is 1. The summed E-state index contributed by atoms with van der Waals surface area (Å²) < 4.78 is 0. The van der Waals surface area contributed by atoms with E-state index in [1.54, 1.807) is 6.20 Å². The quantitative estimate of drug-likeness (QED) is 0.0586. The monoisotopic (exact) mass is 601 g/mol. The Balaban J connectivity index is 2.13. The Morgan fingerprint density at radius 1 is 0.907 bits per heavy atom. The molecule has 0 saturated carbocycles. The first-order valence-electron chi connectivity index (χ1n) is 14.6. The lowest BCUT2D eigenvalue weighted by atomic mass is 10.00. The molecule has 0 aliphatic heterocycles. The van der Waals surface area contributed by atoms with E-state index in [1.807, 2.05) is 38.1 Å². The molecule has 1 heterocycles. The molecule has 1 aromatic heterocycles. The molecular formula is C29H47N9O5. The van der Waals surface area contributed by atoms with Gasteiger partial charge in [-0.1, -0.05) is 32.0 Å². The predicted octanol–water partition coefficient (Wildman–Crippen LogP) is -0.195. The molecule has 2 rings (SSSR count). The van der Waals surface area contributed by atoms with E-state index >= 15 is 0 Å². The highest BCUT2D eigenvalue weighted by molar-refractivity contribution is 5.94. The van der Waals surface area contributed by atoms with Gasteiger partial charge in [-0.2, -0.15) is 0 Å². The first kappa shape index (κ1) is 35.0. The van der Waals surface area contributed by atoms with Crippen LogP contribution in [0, 0.1) is 5.92 Å². The number of aromatic amines is 1. The Morgan fingerprint density at radius 3 is 2.21 bits per heavy atom. The fourth-order valence-electron chi connectivity index (χ4n) is 4.66. The van der Waals surface area contributed by atoms with Crippen molar-refractivity contribution in [3.8, 4) is 0 Å². The van der Waals surface area contributed by atoms with Crippen molar-refractivity contribution in [1.82, 2.24) is 20.9 Å². The van der Waals surface area contributed by atoms with E-state index in [2.05, 4.69) is 25.9 Å². The van der Waals surface area contributed by atoms with E-state index in [0.29, 0.717) is 38.8 Å². The van der Waals surface area contributed by atoms with Gasteiger partial charge in [-0.15, -0.1) is 0 Å². The maximum Gasteiger partial charge on any atom is 0.326 e. The number of carboxylic acid groups (broad SMARTS) is 1. The number of aliphatic imine (C=N–C) groups is 1. The number of H-pyrrole nitrogens is 1. The highest BCUT2D eigenvalue weighted by Crippen LogP contribution is 2.19. The van der Waals surface area contributed by atoms with Gasteiger partial charge in [0.1, 0.15) is 18.1 Å². The molecule has 238 valence electrons. The topological polar surface area (TPSA) is 257 Å². The van der Waals surface area contributed by atoms with Crippen LogP contribution in [0.25, 0.3) is 10.9 Å². The summed E-state index contributed by atoms with van der Waals surface area (Å²) in [4.78, 5) is 58.7. The summed E-state index contributed by atoms with van der Waals surface area (Å²) >= 11 is 0. The second kappa shape index (κ2) is 17.7. The van der Waals surface area contributed by atoms with E-state index in [9.17, 15) is 24.3 Å². The average molecular weight is 602 g/mol. The number of hydrogen-bond acceptors (Lipinski definition) is 7. The third kappa shape index (κ3) is 11.9. The fraction of sp³-hybridized carbons (Fsp3) is 0.552. The SMILES string of the molecule is CC(C)CC(NC(=O)C(CCCCN)NC(=O)C(N)CCCN=C(N)N)C(=O)NC(Cc1c[nH]c2ccccc12)C(=O)O. The number of carbonyl (C=O) groups excluding carboxylic acids is 3. The second-order valence-corrected chi connectivity index (χ2v) is 11.1. The van der Waals surface area contributed by atoms with Gasteiger partial charge in [0.25, 0.3) is 0 Å². The zero-order chi connectivity index (χ0) is 31.9. The Morgan fingerprint density at radius 2 is 1.56 bits per heavy atom. The number of amides is 3. The molecule has 4 atom stereocenters. The first-order chi connectivity index (χ1) is 20.4. The van der Waals surface area contributed by atoms with Gasteiger partial charge in [-0.25, -0.2) is 4.79 Å². The maximum absolute atomic E-state index is 13.4. The number of aliphatic carboxylic acids is 1. The molecule has 0 fully saturated rings. The average Bonchev–Trinajstić information content (AvgIpc) is 3.36. The summed E-state index contributed by atoms with van der Waals surface area (Å²) in [6, 6.07) is 3.36. The number of unbranched alkanes of at least 4 members (excludes halogenated alkanes) is 1. The molecule has 2 aromatic rings. The number of nitrogens with two attached hydrogens (primary N) is 4. The van der Waals surface area contributed by atoms with Gasteiger partial charge in [-0.3, -0.25) is 19.4 Å². The molecule has 14 heteroatoms. The van der Waals surface area contributed by atoms with Crippen LogP contribution in [-0.4, -0.2) is 77.0 Å². The van der Waals surface area contributed by atoms with Gasteiger partial charge < -0.3 is 49.0 Å². The highest BCUT2D eigenvalue weighted by atomic mass is 16.4. The minimum Gasteiger partial charge on any atom is -0.480 e. The molecule has 0 aliphatic carbocycles. The summed E-state index contributed by atoms with van der Waals surface area (Å²) in [5, 5.41) is 18.8. The fourth-order valence-corrected chi connectivity index (χ4v) is 4.66. The van der Waals surface area contributed by atoms with Gasteiger partial charge >= 0.3 is 5.97 Å². The van der Waals surface area contributed by atoms with Gasteiger partial charge in [0.15, 0.2) is 5.96 Å². The largest absolute Gasteiger partial charge is 0.480 e. The van der Waals surface area contributed by atoms with Crippen LogP contribution in [-0.2, 0) is 25.6 Å². The van der Waals surface area contributed by atoms with Crippen molar-refractivity contribution in [2.45, 2.75) is 83.0 Å². The third-order valence-corrected chi connectivity index (χ3v) is 6.94. The Labute approximate surface area is 251 Å². The highest BCUT2D eigenvalue weighted by Gasteiger charge is 2.31. The van der Waals surface area contributed by atoms with Crippen LogP contribution >= 0.6 is 0 Å². The van der Waals surface area contributed by atoms with Crippen molar-refractivity contribution >= 4 is 40.6 Å². The van der Waals surface area contributed by atoms with Crippen LogP contribution in [0.4, 0.5) is 0 Å². The summed E-state index contributed by atoms with van der Waals surface area (Å²) in [5.74, 6) is -2.97. The molecule has 1 aromatic carbocycles. The van der Waals surface area contributed by atoms with Crippen molar-refractivity contribution in [1.29, 1.82) is 0 Å². The van der Waals surface area contributed by atoms with Crippen LogP contribution in [0.1, 0.15) is 57.9 Å². The summed E-state index contributed by atoms with van der Waals surface area (Å²) in [5.41, 5.74) is 23.9. The van der Waals surface area contributed by atoms with E-state index in [0.717, 1.165) is 16.5 Å². The number of carboxylic acids is 1. The number of para-hydroxylation sites is 1. The standard InChI is InChI=1S/C29H47N9O5/c1-17(2)14-23(27(41)38-24(28(42)43)15-18-16-35-21-10-4-3-8-19(18)21)37-26(40)22(11-5-6-12-30)36-25(39)20(31)9-7-13-34-29(32)33/h3-4,8,10,16-17,20,22-24,35H,5-7,9,11-15,30-31H2,1-2H3,(H,36,39)(H,37,40)(H,38,41)(H,42,43)(H4,32,33,34). The number of hydrogen-bond donors (Lipinski definition) is 9. The second-order valence-electron chi connectivity index (χ2n) is 11.1. The summed E-state index contributed by atoms with van der Waals surface area (Å²) in [7, 11) is 0. The Kier molecular flexibility index (Phi) is 14.4. The van der Waals surface area contributed by atoms with Crippen LogP contribution in [0.5, 0.6) is 0 Å². The zero-order valence-electron chi connectivity index (χ0n) is 25.0. The van der Waals surface area contributed by atoms with Crippen LogP contribution in [0.15, 0.2) is 35.5 Å². The van der Waals surface area contributed by atoms with Crippen LogP contribution in [0.3, 0.4) is 0 Å². The third-order valence-electron chi connectivity index (χ3n) is 6.94. The van der Waals surface area contributed by atoms with Crippen molar-refractivity contribution < 1.29 is 24.3 Å². The number of benzene rings is 1. The lowest BCUT2D eigenvalue weighted by Crippen LogP contribution is -2.57. The zero-order valence-corrected chi connectivity index (χ0v) is 25.0. The number of rotatable bonds is 19. The van der Waals surface area contributed by atoms with E-state index in [-0.39, 0.29) is 31.1 Å². The number of nitrogens with zero attached hydrogens (tertiary/aromatic N) is 1. The number of carbonyl (C=O) groups is 4. The minimum absolute atomic E-state index is 0.00290. The number of fused-ring (bicyclic) bond motifs is 1. The lowest BCUT2D eigenvalue weighted by molar-refractivity contribution is -0.142. The molecule has 0 spiro atoms. The summed E-state index contributed by atoms with van der Waals surface area (Å²) in [6.45, 7) is 4.50. The van der Waals surface area contributed by atoms with Gasteiger partial charge in [0.2, 0.25) is 17.7 Å². The molecule has 13 N–H and O–H groups in total. The lowest BCUT2D eigenvalue weighted by Gasteiger charge is -2.26. The van der Waals surface area contributed by atoms with E-state index in [4.69, 9.17) is 22.9 Å². The van der Waals surface area contributed by atoms with Gasteiger partial charge in [0, 0.05) is 30.1 Å². The molecule has 3 amide bonds. The van der Waals surface area contributed by atoms with Crippen LogP contribution < -0.4 is 38.9 Å². The van der Waals surface area contributed by atoms with Crippen LogP contribution in [0.2, 0.25) is 0 Å². The normalized spacial score (nSPS) is 14.0. The van der Waals surface area contributed by atoms with Gasteiger partial charge in [0.05, 0.1) is 6.04 Å². The smallest absolute Gasteiger partial charge is 0.326 e. The molecule has 43 heavy (non-hydrogen) atoms. The molecule has 0 saturated heterocycles. The molecule has 0 radical (unpaired) electrons. The summed E-state index contributed by atoms with van der Waals surface area (Å²) in [6.07, 6.45) is 4.26. The molecule has 0 aliphatic rings. The maximum atomic E-state index is 13.4. The first-order valence-corrected chi connectivity index (χ1v) is 14.6. The van der Waals surface area contributed by atoms with Crippen molar-refractivity contribution in [2.24, 2.45) is 33.8 Å². The predicted molar refractivity (Wildman–Crippen MR) is 166 cm³/mol. The van der Waals surface area contributed by atoms with Crippen molar-refractivity contribution in [3.63, 3.8) is 0 Å². The Hall–Kier alpha value is -4.17. The molecular weight excluding hydrogens is 554 g/mol. The van der Waals surface area contributed by atoms with E-state index in [1.165, 1.54) is 0 Å². The number of nitrogens with one attached hydrogen (secondary N) is 4. The van der Waals surface area contributed by atoms with Crippen molar-refractivity contribution in [2.75, 3.05) is 13.1 Å². The molecule has 14 nitrogen and oxygen atoms in total. The number of aromatic nitrogens is 1. The minimum atomic E-state index is -1.23. The van der Waals surface area contributed by atoms with Gasteiger partial charge in [-0.05, 0) is 62.6 Å². The van der Waals surface area contributed by atoms with Crippen molar-refractivity contribution in [3.05, 3.63) is 36.0 Å². The Bertz CT molecular complexity index is 1240. The molecule has 0 bridgehead atoms. The molecule has 4 unspecified atom stereocenters. The van der Waals surface area contributed by atoms with E-state index < -0.39 is 47.9 Å².